The van der Waals surface area contributed by atoms with Crippen molar-refractivity contribution in [3.63, 3.8) is 0 Å². The summed E-state index contributed by atoms with van der Waals surface area (Å²) in [6, 6.07) is 14.5. The average molecular weight is 309 g/mol. The molecule has 2 N–H and O–H groups in total. The van der Waals surface area contributed by atoms with Crippen LogP contribution in [0.2, 0.25) is 0 Å². The molecule has 3 rings (SSSR count). The quantitative estimate of drug-likeness (QED) is 0.766. The van der Waals surface area contributed by atoms with Gasteiger partial charge in [-0.15, -0.1) is 0 Å². The first kappa shape index (κ1) is 14.8. The number of aromatic nitrogens is 2. The van der Waals surface area contributed by atoms with E-state index in [1.165, 1.54) is 0 Å². The van der Waals surface area contributed by atoms with Crippen LogP contribution < -0.4 is 10.1 Å². The number of nitrogens with one attached hydrogen (secondary N) is 1. The number of ether oxygens (including phenoxy) is 1. The molecular weight excluding hydrogens is 294 g/mol. The fourth-order valence-electron chi connectivity index (χ4n) is 2.31. The second-order valence-electron chi connectivity index (χ2n) is 4.77. The summed E-state index contributed by atoms with van der Waals surface area (Å²) < 4.78 is 5.61. The molecule has 0 spiro atoms. The van der Waals surface area contributed by atoms with Gasteiger partial charge < -0.3 is 9.84 Å². The molecule has 0 unspecified atom stereocenters. The van der Waals surface area contributed by atoms with Gasteiger partial charge in [0, 0.05) is 5.56 Å². The highest BCUT2D eigenvalue weighted by molar-refractivity contribution is 5.91. The second kappa shape index (κ2) is 6.31. The molecule has 23 heavy (non-hydrogen) atoms. The molecule has 1 aromatic heterocycles. The minimum atomic E-state index is -1.14. The fraction of sp³-hybridized carbons (Fsp3) is 0.118. The van der Waals surface area contributed by atoms with Gasteiger partial charge in [0.1, 0.15) is 5.69 Å². The second-order valence-corrected chi connectivity index (χ2v) is 4.77. The Hall–Kier alpha value is -3.15. The number of nitrogens with zero attached hydrogens (tertiary/aromatic N) is 2. The summed E-state index contributed by atoms with van der Waals surface area (Å²) in [5, 5.41) is 11.4. The number of rotatable bonds is 4. The molecule has 116 valence electrons. The Kier molecular flexibility index (Phi) is 4.05. The smallest absolute Gasteiger partial charge is 0.409 e. The minimum Gasteiger partial charge on any atom is -0.476 e. The summed E-state index contributed by atoms with van der Waals surface area (Å²) in [7, 11) is 0. The van der Waals surface area contributed by atoms with E-state index in [0.717, 1.165) is 11.0 Å². The number of carbonyl (C=O) groups is 1. The number of anilines is 1. The van der Waals surface area contributed by atoms with E-state index in [0.29, 0.717) is 29.4 Å². The summed E-state index contributed by atoms with van der Waals surface area (Å²) in [6.07, 6.45) is -1.14. The highest BCUT2D eigenvalue weighted by atomic mass is 16.5. The molecule has 1 amide bonds. The Morgan fingerprint density at radius 1 is 1.09 bits per heavy atom. The van der Waals surface area contributed by atoms with Crippen molar-refractivity contribution in [2.45, 2.75) is 6.92 Å². The Bertz CT molecular complexity index is 865. The van der Waals surface area contributed by atoms with E-state index < -0.39 is 6.09 Å². The summed E-state index contributed by atoms with van der Waals surface area (Å²) in [4.78, 5) is 20.1. The zero-order chi connectivity index (χ0) is 16.2. The van der Waals surface area contributed by atoms with Crippen LogP contribution in [0.25, 0.3) is 22.3 Å². The van der Waals surface area contributed by atoms with Crippen molar-refractivity contribution in [1.82, 2.24) is 9.97 Å². The van der Waals surface area contributed by atoms with Crippen LogP contribution >= 0.6 is 0 Å². The molecular formula is C17H15N3O3. The topological polar surface area (TPSA) is 84.3 Å². The maximum Gasteiger partial charge on any atom is 0.409 e. The van der Waals surface area contributed by atoms with Crippen molar-refractivity contribution in [1.29, 1.82) is 0 Å². The third-order valence-electron chi connectivity index (χ3n) is 3.24. The van der Waals surface area contributed by atoms with E-state index in [9.17, 15) is 4.79 Å². The van der Waals surface area contributed by atoms with E-state index in [2.05, 4.69) is 15.3 Å². The normalized spacial score (nSPS) is 10.5. The molecule has 0 saturated carbocycles. The fourth-order valence-corrected chi connectivity index (χ4v) is 2.31. The van der Waals surface area contributed by atoms with Gasteiger partial charge in [0.15, 0.2) is 0 Å². The van der Waals surface area contributed by atoms with E-state index in [1.54, 1.807) is 18.2 Å². The molecule has 2 aromatic carbocycles. The molecule has 6 heteroatoms. The number of fused-ring (bicyclic) bond motifs is 1. The maximum absolute atomic E-state index is 11.0. The van der Waals surface area contributed by atoms with Crippen LogP contribution in [-0.4, -0.2) is 27.8 Å². The third kappa shape index (κ3) is 3.06. The highest BCUT2D eigenvalue weighted by Gasteiger charge is 2.16. The molecule has 0 radical (unpaired) electrons. The molecule has 0 fully saturated rings. The maximum atomic E-state index is 11.0. The zero-order valence-electron chi connectivity index (χ0n) is 12.5. The van der Waals surface area contributed by atoms with Crippen molar-refractivity contribution < 1.29 is 14.6 Å². The third-order valence-corrected chi connectivity index (χ3v) is 3.24. The molecule has 0 aliphatic rings. The molecule has 1 heterocycles. The van der Waals surface area contributed by atoms with E-state index in [4.69, 9.17) is 9.84 Å². The predicted octanol–water partition coefficient (Wildman–Crippen LogP) is 3.79. The lowest BCUT2D eigenvalue weighted by atomic mass is 10.1. The van der Waals surface area contributed by atoms with Crippen LogP contribution in [0.15, 0.2) is 48.5 Å². The van der Waals surface area contributed by atoms with Crippen LogP contribution in [0, 0.1) is 0 Å². The van der Waals surface area contributed by atoms with Gasteiger partial charge in [0.05, 0.1) is 23.3 Å². The van der Waals surface area contributed by atoms with Crippen molar-refractivity contribution in [3.05, 3.63) is 48.5 Å². The van der Waals surface area contributed by atoms with E-state index in [1.807, 2.05) is 37.3 Å². The molecule has 3 aromatic rings. The van der Waals surface area contributed by atoms with Gasteiger partial charge >= 0.3 is 6.09 Å². The van der Waals surface area contributed by atoms with Crippen LogP contribution in [0.1, 0.15) is 6.92 Å². The number of benzene rings is 2. The van der Waals surface area contributed by atoms with Gasteiger partial charge in [-0.25, -0.2) is 14.8 Å². The number of carboxylic acid groups (broad SMARTS) is 1. The molecule has 0 bridgehead atoms. The van der Waals surface area contributed by atoms with E-state index >= 15 is 0 Å². The first-order valence-electron chi connectivity index (χ1n) is 7.18. The Morgan fingerprint density at radius 2 is 1.74 bits per heavy atom. The average Bonchev–Trinajstić information content (AvgIpc) is 2.55. The van der Waals surface area contributed by atoms with Crippen molar-refractivity contribution in [2.75, 3.05) is 11.9 Å². The van der Waals surface area contributed by atoms with Crippen LogP contribution in [0.4, 0.5) is 10.5 Å². The Balaban J connectivity index is 2.22. The largest absolute Gasteiger partial charge is 0.476 e. The molecule has 0 aliphatic heterocycles. The Morgan fingerprint density at radius 3 is 2.43 bits per heavy atom. The standard InChI is InChI=1S/C17H15N3O3/c1-2-23-16-15(18-13-9-5-6-10-14(13)19-16)11-7-3-4-8-12(11)20-17(21)22/h3-10,20H,2H2,1H3,(H,21,22). The van der Waals surface area contributed by atoms with Gasteiger partial charge in [-0.3, -0.25) is 5.32 Å². The Labute approximate surface area is 132 Å². The number of hydrogen-bond donors (Lipinski definition) is 2. The predicted molar refractivity (Wildman–Crippen MR) is 87.8 cm³/mol. The zero-order valence-corrected chi connectivity index (χ0v) is 12.5. The lowest BCUT2D eigenvalue weighted by Crippen LogP contribution is -2.09. The number of hydrogen-bond acceptors (Lipinski definition) is 4. The van der Waals surface area contributed by atoms with Crippen LogP contribution in [0.3, 0.4) is 0 Å². The van der Waals surface area contributed by atoms with Crippen molar-refractivity contribution >= 4 is 22.8 Å². The van der Waals surface area contributed by atoms with Crippen LogP contribution in [-0.2, 0) is 0 Å². The molecule has 6 nitrogen and oxygen atoms in total. The lowest BCUT2D eigenvalue weighted by molar-refractivity contribution is 0.210. The SMILES string of the molecule is CCOc1nc2ccccc2nc1-c1ccccc1NC(=O)O. The summed E-state index contributed by atoms with van der Waals surface area (Å²) in [5.41, 5.74) is 3.01. The van der Waals surface area contributed by atoms with Crippen LogP contribution in [0.5, 0.6) is 5.88 Å². The monoisotopic (exact) mass is 309 g/mol. The summed E-state index contributed by atoms with van der Waals surface area (Å²) >= 11 is 0. The highest BCUT2D eigenvalue weighted by Crippen LogP contribution is 2.33. The van der Waals surface area contributed by atoms with Crippen molar-refractivity contribution in [3.8, 4) is 17.1 Å². The van der Waals surface area contributed by atoms with Crippen molar-refractivity contribution in [2.24, 2.45) is 0 Å². The van der Waals surface area contributed by atoms with Gasteiger partial charge in [-0.1, -0.05) is 30.3 Å². The van der Waals surface area contributed by atoms with Gasteiger partial charge in [-0.05, 0) is 25.1 Å². The van der Waals surface area contributed by atoms with Gasteiger partial charge in [0.25, 0.3) is 0 Å². The molecule has 0 atom stereocenters. The van der Waals surface area contributed by atoms with Gasteiger partial charge in [0.2, 0.25) is 5.88 Å². The summed E-state index contributed by atoms with van der Waals surface area (Å²) in [6.45, 7) is 2.30. The first-order chi connectivity index (χ1) is 11.2. The first-order valence-corrected chi connectivity index (χ1v) is 7.18. The minimum absolute atomic E-state index is 0.380. The van der Waals surface area contributed by atoms with E-state index in [-0.39, 0.29) is 0 Å². The lowest BCUT2D eigenvalue weighted by Gasteiger charge is -2.13. The summed E-state index contributed by atoms with van der Waals surface area (Å²) in [5.74, 6) is 0.380. The molecule has 0 saturated heterocycles. The molecule has 0 aliphatic carbocycles. The number of amides is 1. The van der Waals surface area contributed by atoms with Gasteiger partial charge in [-0.2, -0.15) is 0 Å². The number of para-hydroxylation sites is 3.